The topological polar surface area (TPSA) is 96.0 Å². The van der Waals surface area contributed by atoms with Crippen LogP contribution < -0.4 is 5.01 Å². The van der Waals surface area contributed by atoms with E-state index >= 15 is 0 Å². The third kappa shape index (κ3) is 4.17. The monoisotopic (exact) mass is 571 g/mol. The van der Waals surface area contributed by atoms with E-state index in [0.29, 0.717) is 16.3 Å². The van der Waals surface area contributed by atoms with Crippen molar-refractivity contribution in [3.8, 4) is 0 Å². The Morgan fingerprint density at radius 2 is 1.65 bits per heavy atom. The summed E-state index contributed by atoms with van der Waals surface area (Å²) in [6.45, 7) is 2.78. The van der Waals surface area contributed by atoms with Crippen LogP contribution in [0.1, 0.15) is 48.8 Å². The fourth-order valence-corrected chi connectivity index (χ4v) is 6.72. The number of para-hydroxylation sites is 1. The Balaban J connectivity index is 1.83. The Labute approximate surface area is 233 Å². The van der Waals surface area contributed by atoms with Crippen molar-refractivity contribution in [2.75, 3.05) is 5.01 Å². The summed E-state index contributed by atoms with van der Waals surface area (Å²) in [4.78, 5) is 26.7. The third-order valence-corrected chi connectivity index (χ3v) is 8.43. The third-order valence-electron chi connectivity index (χ3n) is 8.18. The van der Waals surface area contributed by atoms with E-state index in [1.807, 2.05) is 0 Å². The highest BCUT2D eigenvalue weighted by Gasteiger charge is 2.73. The van der Waals surface area contributed by atoms with E-state index in [2.05, 4.69) is 5.10 Å². The molecule has 3 aromatic rings. The second-order valence-corrected chi connectivity index (χ2v) is 10.9. The van der Waals surface area contributed by atoms with Crippen LogP contribution in [0.15, 0.2) is 84.0 Å². The van der Waals surface area contributed by atoms with Crippen LogP contribution in [-0.2, 0) is 11.0 Å². The molecule has 0 saturated heterocycles. The molecule has 1 saturated carbocycles. The zero-order valence-electron chi connectivity index (χ0n) is 21.5. The molecule has 0 aromatic heterocycles. The molecule has 40 heavy (non-hydrogen) atoms. The van der Waals surface area contributed by atoms with E-state index in [0.717, 1.165) is 17.1 Å². The first-order chi connectivity index (χ1) is 18.8. The smallest absolute Gasteiger partial charge is 0.389 e. The molecule has 1 N–H and O–H groups in total. The van der Waals surface area contributed by atoms with E-state index in [9.17, 15) is 33.2 Å². The van der Waals surface area contributed by atoms with Crippen molar-refractivity contribution in [2.24, 2.45) is 10.5 Å². The van der Waals surface area contributed by atoms with Crippen molar-refractivity contribution in [2.45, 2.75) is 49.9 Å². The molecule has 3 aromatic carbocycles. The molecular weight excluding hydrogens is 547 g/mol. The van der Waals surface area contributed by atoms with Crippen molar-refractivity contribution < 1.29 is 28.0 Å². The lowest BCUT2D eigenvalue weighted by Gasteiger charge is -2.53. The van der Waals surface area contributed by atoms with Gasteiger partial charge in [-0.2, -0.15) is 23.3 Å². The molecular formula is C29H25ClF3N3O4. The average Bonchev–Trinajstić information content (AvgIpc) is 3.17. The highest BCUT2D eigenvalue weighted by atomic mass is 35.5. The molecule has 1 aliphatic heterocycles. The molecule has 1 aliphatic carbocycles. The fourth-order valence-electron chi connectivity index (χ4n) is 6.59. The van der Waals surface area contributed by atoms with E-state index in [1.165, 1.54) is 38.1 Å². The van der Waals surface area contributed by atoms with Crippen LogP contribution in [0.5, 0.6) is 0 Å². The zero-order valence-corrected chi connectivity index (χ0v) is 22.2. The van der Waals surface area contributed by atoms with Crippen LogP contribution in [0.4, 0.5) is 18.9 Å². The van der Waals surface area contributed by atoms with Gasteiger partial charge in [0.15, 0.2) is 0 Å². The summed E-state index contributed by atoms with van der Waals surface area (Å²) in [5.74, 6) is -3.61. The number of hydrazone groups is 1. The first-order valence-corrected chi connectivity index (χ1v) is 12.9. The molecule has 1 heterocycles. The molecule has 1 fully saturated rings. The second-order valence-electron chi connectivity index (χ2n) is 10.4. The maximum absolute atomic E-state index is 14.4. The fraction of sp³-hybridized carbons (Fsp3) is 0.310. The molecule has 0 radical (unpaired) electrons. The van der Waals surface area contributed by atoms with Crippen molar-refractivity contribution in [3.05, 3.63) is 111 Å². The van der Waals surface area contributed by atoms with Gasteiger partial charge in [-0.15, -0.1) is 0 Å². The molecule has 1 spiro atoms. The number of aliphatic hydroxyl groups is 1. The number of anilines is 1. The molecule has 5 atom stereocenters. The van der Waals surface area contributed by atoms with Gasteiger partial charge in [-0.1, -0.05) is 60.1 Å². The van der Waals surface area contributed by atoms with Crippen molar-refractivity contribution >= 4 is 28.9 Å². The van der Waals surface area contributed by atoms with Gasteiger partial charge in [-0.3, -0.25) is 14.9 Å². The standard InChI is InChI=1S/C29H25ClF3N3O4/c1-17-28(26(37)35(34-17)20-8-4-3-5-9-20)24(21-10-6-7-11-23(21)29(31,32)33)25(36(39)40)22(16-27(28,2)38)18-12-14-19(30)15-13-18/h3-15,22,24-25,38H,16H2,1-2H3/t22-,24+,25-,27+,28-/m0/s1. The molecule has 208 valence electrons. The number of benzene rings is 3. The number of carbonyl (C=O) groups excluding carboxylic acids is 1. The minimum Gasteiger partial charge on any atom is -0.389 e. The van der Waals surface area contributed by atoms with E-state index in [-0.39, 0.29) is 12.1 Å². The first kappa shape index (κ1) is 27.8. The minimum atomic E-state index is -4.89. The van der Waals surface area contributed by atoms with Crippen LogP contribution in [0.25, 0.3) is 0 Å². The Hall–Kier alpha value is -3.76. The van der Waals surface area contributed by atoms with Crippen LogP contribution >= 0.6 is 11.6 Å². The molecule has 5 rings (SSSR count). The molecule has 11 heteroatoms. The van der Waals surface area contributed by atoms with Gasteiger partial charge in [0.05, 0.1) is 34.4 Å². The Morgan fingerprint density at radius 3 is 2.25 bits per heavy atom. The summed E-state index contributed by atoms with van der Waals surface area (Å²) in [6.07, 6.45) is -5.17. The normalized spacial score (nSPS) is 28.6. The molecule has 7 nitrogen and oxygen atoms in total. The lowest BCUT2D eigenvalue weighted by molar-refractivity contribution is -0.539. The molecule has 2 aliphatic rings. The number of amides is 1. The largest absolute Gasteiger partial charge is 0.416 e. The van der Waals surface area contributed by atoms with Crippen LogP contribution in [-0.4, -0.2) is 33.3 Å². The van der Waals surface area contributed by atoms with Gasteiger partial charge in [-0.05, 0) is 61.7 Å². The molecule has 0 bridgehead atoms. The van der Waals surface area contributed by atoms with Gasteiger partial charge in [0.25, 0.3) is 5.91 Å². The predicted octanol–water partition coefficient (Wildman–Crippen LogP) is 6.44. The number of hydrogen-bond acceptors (Lipinski definition) is 5. The number of halogens is 4. The SMILES string of the molecule is CC1=NN(c2ccccc2)C(=O)[C@@]12[C@H](c1ccccc1C(F)(F)F)[C@@H]([N+](=O)[O-])[C@H](c1ccc(Cl)cc1)C[C@@]2(C)O. The van der Waals surface area contributed by atoms with Gasteiger partial charge in [0.2, 0.25) is 6.04 Å². The van der Waals surface area contributed by atoms with E-state index in [4.69, 9.17) is 11.6 Å². The summed E-state index contributed by atoms with van der Waals surface area (Å²) < 4.78 is 43.3. The summed E-state index contributed by atoms with van der Waals surface area (Å²) in [7, 11) is 0. The lowest BCUT2D eigenvalue weighted by Crippen LogP contribution is -2.66. The average molecular weight is 572 g/mol. The lowest BCUT2D eigenvalue weighted by atomic mass is 9.49. The van der Waals surface area contributed by atoms with E-state index in [1.54, 1.807) is 42.5 Å². The summed E-state index contributed by atoms with van der Waals surface area (Å²) in [5.41, 5.74) is -5.05. The maximum atomic E-state index is 14.4. The van der Waals surface area contributed by atoms with Gasteiger partial charge >= 0.3 is 6.18 Å². The second kappa shape index (κ2) is 9.71. The van der Waals surface area contributed by atoms with Gasteiger partial charge in [0, 0.05) is 9.95 Å². The molecule has 1 amide bonds. The number of carbonyl (C=O) groups is 1. The van der Waals surface area contributed by atoms with Crippen LogP contribution in [0.2, 0.25) is 5.02 Å². The number of rotatable bonds is 4. The van der Waals surface area contributed by atoms with E-state index < -0.39 is 57.0 Å². The Morgan fingerprint density at radius 1 is 1.05 bits per heavy atom. The molecule has 0 unspecified atom stereocenters. The van der Waals surface area contributed by atoms with Gasteiger partial charge in [0.1, 0.15) is 5.41 Å². The highest BCUT2D eigenvalue weighted by Crippen LogP contribution is 2.62. The number of nitrogens with zero attached hydrogens (tertiary/aromatic N) is 3. The highest BCUT2D eigenvalue weighted by molar-refractivity contribution is 6.30. The number of nitro groups is 1. The summed E-state index contributed by atoms with van der Waals surface area (Å²) in [5, 5.41) is 30.9. The number of alkyl halides is 3. The summed E-state index contributed by atoms with van der Waals surface area (Å²) >= 11 is 6.04. The van der Waals surface area contributed by atoms with Crippen molar-refractivity contribution in [1.82, 2.24) is 0 Å². The van der Waals surface area contributed by atoms with Crippen LogP contribution in [0, 0.1) is 15.5 Å². The Kier molecular flexibility index (Phi) is 6.74. The van der Waals surface area contributed by atoms with Crippen molar-refractivity contribution in [1.29, 1.82) is 0 Å². The van der Waals surface area contributed by atoms with Gasteiger partial charge in [-0.25, -0.2) is 0 Å². The number of hydrogen-bond donors (Lipinski definition) is 1. The predicted molar refractivity (Wildman–Crippen MR) is 144 cm³/mol. The van der Waals surface area contributed by atoms with Crippen LogP contribution in [0.3, 0.4) is 0 Å². The first-order valence-electron chi connectivity index (χ1n) is 12.5. The zero-order chi connectivity index (χ0) is 29.0. The minimum absolute atomic E-state index is 0.00487. The maximum Gasteiger partial charge on any atom is 0.416 e. The summed E-state index contributed by atoms with van der Waals surface area (Å²) in [6, 6.07) is 17.2. The quantitative estimate of drug-likeness (QED) is 0.288. The van der Waals surface area contributed by atoms with Crippen molar-refractivity contribution in [3.63, 3.8) is 0 Å². The Bertz CT molecular complexity index is 1490. The van der Waals surface area contributed by atoms with Gasteiger partial charge < -0.3 is 5.11 Å².